The second-order valence-electron chi connectivity index (χ2n) is 4.27. The predicted octanol–water partition coefficient (Wildman–Crippen LogP) is 1.50. The molecule has 1 aliphatic rings. The molecule has 2 heterocycles. The van der Waals surface area contributed by atoms with E-state index in [1.165, 1.54) is 11.3 Å². The van der Waals surface area contributed by atoms with Gasteiger partial charge < -0.3 is 10.6 Å². The van der Waals surface area contributed by atoms with Crippen LogP contribution >= 0.6 is 11.3 Å². The van der Waals surface area contributed by atoms with Crippen LogP contribution in [0.15, 0.2) is 16.5 Å². The Morgan fingerprint density at radius 1 is 1.56 bits per heavy atom. The summed E-state index contributed by atoms with van der Waals surface area (Å²) in [6.07, 6.45) is 1.03. The standard InChI is InChI=1S/C12H19N3S/c1-9(11-6-14-7-11)5-13-4-3-12-8-16-10(2)15-12/h8,13-14H,3-7H2,1-2H3. The fraction of sp³-hybridized carbons (Fsp3) is 0.583. The molecule has 16 heavy (non-hydrogen) atoms. The molecule has 3 nitrogen and oxygen atoms in total. The van der Waals surface area contributed by atoms with E-state index in [1.54, 1.807) is 16.9 Å². The molecule has 0 spiro atoms. The fourth-order valence-corrected chi connectivity index (χ4v) is 2.34. The molecule has 0 bridgehead atoms. The van der Waals surface area contributed by atoms with Gasteiger partial charge in [-0.2, -0.15) is 0 Å². The number of aryl methyl sites for hydroxylation is 1. The fourth-order valence-electron chi connectivity index (χ4n) is 1.69. The molecule has 2 rings (SSSR count). The Labute approximate surface area is 101 Å². The van der Waals surface area contributed by atoms with E-state index in [-0.39, 0.29) is 0 Å². The van der Waals surface area contributed by atoms with Gasteiger partial charge in [0.05, 0.1) is 10.7 Å². The Bertz CT molecular complexity index is 375. The van der Waals surface area contributed by atoms with E-state index >= 15 is 0 Å². The summed E-state index contributed by atoms with van der Waals surface area (Å²) in [4.78, 5) is 4.45. The number of aromatic nitrogens is 1. The zero-order chi connectivity index (χ0) is 11.4. The monoisotopic (exact) mass is 237 g/mol. The van der Waals surface area contributed by atoms with E-state index in [0.717, 1.165) is 37.6 Å². The van der Waals surface area contributed by atoms with Crippen molar-refractivity contribution in [2.45, 2.75) is 20.3 Å². The van der Waals surface area contributed by atoms with Gasteiger partial charge in [-0.15, -0.1) is 11.3 Å². The number of rotatable bonds is 5. The van der Waals surface area contributed by atoms with Crippen LogP contribution in [-0.4, -0.2) is 31.2 Å². The highest BCUT2D eigenvalue weighted by molar-refractivity contribution is 7.09. The smallest absolute Gasteiger partial charge is 0.0897 e. The minimum absolute atomic E-state index is 1.01. The number of nitrogens with one attached hydrogen (secondary N) is 2. The van der Waals surface area contributed by atoms with Crippen molar-refractivity contribution in [2.75, 3.05) is 26.2 Å². The normalized spacial score (nSPS) is 15.0. The second-order valence-corrected chi connectivity index (χ2v) is 5.33. The van der Waals surface area contributed by atoms with Crippen molar-refractivity contribution in [3.8, 4) is 0 Å². The van der Waals surface area contributed by atoms with Gasteiger partial charge >= 0.3 is 0 Å². The Morgan fingerprint density at radius 3 is 2.94 bits per heavy atom. The van der Waals surface area contributed by atoms with Gasteiger partial charge in [-0.05, 0) is 19.4 Å². The summed E-state index contributed by atoms with van der Waals surface area (Å²) in [5, 5.41) is 10.0. The van der Waals surface area contributed by atoms with Gasteiger partial charge in [0.2, 0.25) is 0 Å². The summed E-state index contributed by atoms with van der Waals surface area (Å²) < 4.78 is 0. The lowest BCUT2D eigenvalue weighted by atomic mass is 10.0. The highest BCUT2D eigenvalue weighted by Crippen LogP contribution is 2.09. The second kappa shape index (κ2) is 5.57. The molecule has 0 saturated carbocycles. The van der Waals surface area contributed by atoms with Gasteiger partial charge in [0.1, 0.15) is 0 Å². The van der Waals surface area contributed by atoms with E-state index in [1.807, 2.05) is 0 Å². The molecule has 1 aromatic rings. The van der Waals surface area contributed by atoms with Crippen molar-refractivity contribution in [3.63, 3.8) is 0 Å². The summed E-state index contributed by atoms with van der Waals surface area (Å²) in [6.45, 7) is 8.47. The Balaban J connectivity index is 1.65. The average molecular weight is 237 g/mol. The maximum Gasteiger partial charge on any atom is 0.0897 e. The van der Waals surface area contributed by atoms with Gasteiger partial charge in [0.15, 0.2) is 0 Å². The van der Waals surface area contributed by atoms with Gasteiger partial charge in [0, 0.05) is 38.0 Å². The van der Waals surface area contributed by atoms with Crippen LogP contribution in [0.2, 0.25) is 0 Å². The zero-order valence-corrected chi connectivity index (χ0v) is 10.8. The highest BCUT2D eigenvalue weighted by atomic mass is 32.1. The third kappa shape index (κ3) is 3.14. The van der Waals surface area contributed by atoms with Crippen molar-refractivity contribution in [1.82, 2.24) is 15.6 Å². The van der Waals surface area contributed by atoms with Crippen LogP contribution in [0, 0.1) is 6.92 Å². The summed E-state index contributed by atoms with van der Waals surface area (Å²) in [5.41, 5.74) is 4.27. The first-order chi connectivity index (χ1) is 7.75. The Kier molecular flexibility index (Phi) is 4.09. The molecule has 0 atom stereocenters. The van der Waals surface area contributed by atoms with Crippen molar-refractivity contribution < 1.29 is 0 Å². The number of hydrogen-bond acceptors (Lipinski definition) is 4. The molecule has 0 aliphatic carbocycles. The Morgan fingerprint density at radius 2 is 2.38 bits per heavy atom. The average Bonchev–Trinajstić information content (AvgIpc) is 2.56. The Hall–Kier alpha value is -0.710. The predicted molar refractivity (Wildman–Crippen MR) is 69.0 cm³/mol. The first-order valence-electron chi connectivity index (χ1n) is 5.75. The number of hydrogen-bond donors (Lipinski definition) is 2. The van der Waals surface area contributed by atoms with Crippen molar-refractivity contribution in [3.05, 3.63) is 27.2 Å². The summed E-state index contributed by atoms with van der Waals surface area (Å²) in [6, 6.07) is 0. The quantitative estimate of drug-likeness (QED) is 0.602. The van der Waals surface area contributed by atoms with E-state index in [2.05, 4.69) is 34.8 Å². The van der Waals surface area contributed by atoms with Crippen LogP contribution in [0.3, 0.4) is 0 Å². The topological polar surface area (TPSA) is 37.0 Å². The van der Waals surface area contributed by atoms with Crippen molar-refractivity contribution in [2.24, 2.45) is 0 Å². The van der Waals surface area contributed by atoms with Crippen LogP contribution in [0.25, 0.3) is 0 Å². The molecular weight excluding hydrogens is 218 g/mol. The van der Waals surface area contributed by atoms with E-state index in [9.17, 15) is 0 Å². The van der Waals surface area contributed by atoms with Gasteiger partial charge in [-0.3, -0.25) is 0 Å². The van der Waals surface area contributed by atoms with E-state index in [0.29, 0.717) is 0 Å². The number of thiazole rings is 1. The van der Waals surface area contributed by atoms with Crippen molar-refractivity contribution in [1.29, 1.82) is 0 Å². The third-order valence-electron chi connectivity index (χ3n) is 2.89. The van der Waals surface area contributed by atoms with Gasteiger partial charge in [-0.25, -0.2) is 4.98 Å². The minimum atomic E-state index is 1.01. The molecule has 88 valence electrons. The summed E-state index contributed by atoms with van der Waals surface area (Å²) in [7, 11) is 0. The molecule has 0 amide bonds. The molecule has 0 unspecified atom stereocenters. The first kappa shape index (κ1) is 11.8. The lowest BCUT2D eigenvalue weighted by molar-refractivity contribution is 0.639. The molecular formula is C12H19N3S. The van der Waals surface area contributed by atoms with E-state index < -0.39 is 0 Å². The lowest BCUT2D eigenvalue weighted by Gasteiger charge is -2.22. The van der Waals surface area contributed by atoms with E-state index in [4.69, 9.17) is 0 Å². The number of nitrogens with zero attached hydrogens (tertiary/aromatic N) is 1. The SMILES string of the molecule is CC(CNCCc1csc(C)n1)=C1CNC1. The molecule has 2 N–H and O–H groups in total. The van der Waals surface area contributed by atoms with Crippen LogP contribution < -0.4 is 10.6 Å². The minimum Gasteiger partial charge on any atom is -0.313 e. The molecule has 4 heteroatoms. The molecule has 0 aromatic carbocycles. The van der Waals surface area contributed by atoms with Crippen LogP contribution in [0.4, 0.5) is 0 Å². The van der Waals surface area contributed by atoms with Crippen LogP contribution in [0.5, 0.6) is 0 Å². The highest BCUT2D eigenvalue weighted by Gasteiger charge is 2.09. The maximum atomic E-state index is 4.45. The van der Waals surface area contributed by atoms with Gasteiger partial charge in [-0.1, -0.05) is 5.57 Å². The first-order valence-corrected chi connectivity index (χ1v) is 6.63. The van der Waals surface area contributed by atoms with Gasteiger partial charge in [0.25, 0.3) is 0 Å². The summed E-state index contributed by atoms with van der Waals surface area (Å²) in [5.74, 6) is 0. The largest absolute Gasteiger partial charge is 0.313 e. The maximum absolute atomic E-state index is 4.45. The molecule has 1 aliphatic heterocycles. The van der Waals surface area contributed by atoms with Crippen LogP contribution in [0.1, 0.15) is 17.6 Å². The summed E-state index contributed by atoms with van der Waals surface area (Å²) >= 11 is 1.73. The molecule has 1 aromatic heterocycles. The molecule has 1 saturated heterocycles. The molecule has 0 radical (unpaired) electrons. The molecule has 1 fully saturated rings. The van der Waals surface area contributed by atoms with Crippen molar-refractivity contribution >= 4 is 11.3 Å². The van der Waals surface area contributed by atoms with Crippen LogP contribution in [-0.2, 0) is 6.42 Å². The zero-order valence-electron chi connectivity index (χ0n) is 9.97. The lowest BCUT2D eigenvalue weighted by Crippen LogP contribution is -2.36. The third-order valence-corrected chi connectivity index (χ3v) is 3.72.